The Morgan fingerprint density at radius 1 is 1.28 bits per heavy atom. The Morgan fingerprint density at radius 2 is 1.83 bits per heavy atom. The Balaban J connectivity index is 2.70. The van der Waals surface area contributed by atoms with Crippen molar-refractivity contribution in [2.75, 3.05) is 19.6 Å². The fraction of sp³-hybridized carbons (Fsp3) is 1.00. The molecule has 0 radical (unpaired) electrons. The zero-order chi connectivity index (χ0) is 13.8. The van der Waals surface area contributed by atoms with Gasteiger partial charge in [0.2, 0.25) is 0 Å². The first-order chi connectivity index (χ1) is 8.26. The van der Waals surface area contributed by atoms with Gasteiger partial charge in [-0.2, -0.15) is 30.6 Å². The van der Waals surface area contributed by atoms with Gasteiger partial charge >= 0.3 is 6.18 Å². The highest BCUT2D eigenvalue weighted by molar-refractivity contribution is 7.87. The number of hydrogen-bond donors (Lipinski definition) is 2. The summed E-state index contributed by atoms with van der Waals surface area (Å²) in [5.74, 6) is 0. The van der Waals surface area contributed by atoms with Crippen LogP contribution in [-0.2, 0) is 10.2 Å². The first-order valence-electron chi connectivity index (χ1n) is 5.79. The number of nitrogens with one attached hydrogen (secondary N) is 1. The fourth-order valence-electron chi connectivity index (χ4n) is 2.07. The molecule has 0 aromatic carbocycles. The lowest BCUT2D eigenvalue weighted by Crippen LogP contribution is -2.49. The van der Waals surface area contributed by atoms with Crippen molar-refractivity contribution in [3.05, 3.63) is 0 Å². The van der Waals surface area contributed by atoms with Crippen LogP contribution in [0.5, 0.6) is 0 Å². The van der Waals surface area contributed by atoms with E-state index in [2.05, 4.69) is 0 Å². The van der Waals surface area contributed by atoms with Crippen molar-refractivity contribution >= 4 is 10.2 Å². The van der Waals surface area contributed by atoms with Crippen LogP contribution in [0.2, 0.25) is 0 Å². The standard InChI is InChI=1S/C9H18F3N3O2S/c10-9(11,12)7-14-18(16,17)15(6-5-13)8-3-1-2-4-8/h8,14H,1-7,13H2. The summed E-state index contributed by atoms with van der Waals surface area (Å²) in [6.45, 7) is -1.43. The predicted octanol–water partition coefficient (Wildman–Crippen LogP) is 0.586. The van der Waals surface area contributed by atoms with Crippen LogP contribution in [0, 0.1) is 0 Å². The van der Waals surface area contributed by atoms with E-state index in [0.29, 0.717) is 12.8 Å². The zero-order valence-corrected chi connectivity index (χ0v) is 10.7. The van der Waals surface area contributed by atoms with Gasteiger partial charge in [-0.1, -0.05) is 12.8 Å². The van der Waals surface area contributed by atoms with Gasteiger partial charge in [0.15, 0.2) is 0 Å². The second-order valence-electron chi connectivity index (χ2n) is 4.28. The molecule has 0 bridgehead atoms. The zero-order valence-electron chi connectivity index (χ0n) is 9.91. The summed E-state index contributed by atoms with van der Waals surface area (Å²) in [7, 11) is -4.12. The van der Waals surface area contributed by atoms with Gasteiger partial charge in [0.25, 0.3) is 10.2 Å². The third kappa shape index (κ3) is 4.71. The highest BCUT2D eigenvalue weighted by atomic mass is 32.2. The first kappa shape index (κ1) is 15.7. The molecule has 3 N–H and O–H groups in total. The summed E-state index contributed by atoms with van der Waals surface area (Å²) in [5.41, 5.74) is 5.32. The number of rotatable bonds is 6. The van der Waals surface area contributed by atoms with Gasteiger partial charge < -0.3 is 5.73 Å². The van der Waals surface area contributed by atoms with E-state index in [9.17, 15) is 21.6 Å². The van der Waals surface area contributed by atoms with Gasteiger partial charge in [-0.3, -0.25) is 0 Å². The van der Waals surface area contributed by atoms with E-state index >= 15 is 0 Å². The Morgan fingerprint density at radius 3 is 2.28 bits per heavy atom. The van der Waals surface area contributed by atoms with Crippen molar-refractivity contribution < 1.29 is 21.6 Å². The van der Waals surface area contributed by atoms with E-state index in [1.165, 1.54) is 0 Å². The minimum Gasteiger partial charge on any atom is -0.329 e. The first-order valence-corrected chi connectivity index (χ1v) is 7.23. The molecule has 0 saturated heterocycles. The maximum Gasteiger partial charge on any atom is 0.402 e. The second-order valence-corrected chi connectivity index (χ2v) is 5.99. The molecule has 0 atom stereocenters. The molecule has 1 saturated carbocycles. The smallest absolute Gasteiger partial charge is 0.329 e. The lowest BCUT2D eigenvalue weighted by atomic mass is 10.2. The molecular weight excluding hydrogens is 271 g/mol. The highest BCUT2D eigenvalue weighted by Gasteiger charge is 2.35. The Hall–Kier alpha value is -0.380. The molecule has 0 aromatic rings. The summed E-state index contributed by atoms with van der Waals surface area (Å²) < 4.78 is 62.4. The third-order valence-electron chi connectivity index (χ3n) is 2.85. The number of nitrogens with zero attached hydrogens (tertiary/aromatic N) is 1. The maximum absolute atomic E-state index is 12.0. The summed E-state index contributed by atoms with van der Waals surface area (Å²) >= 11 is 0. The Bertz CT molecular complexity index is 353. The molecule has 18 heavy (non-hydrogen) atoms. The quantitative estimate of drug-likeness (QED) is 0.751. The van der Waals surface area contributed by atoms with Gasteiger partial charge in [-0.05, 0) is 12.8 Å². The van der Waals surface area contributed by atoms with Crippen molar-refractivity contribution in [2.45, 2.75) is 37.9 Å². The normalized spacial score (nSPS) is 18.7. The van der Waals surface area contributed by atoms with Gasteiger partial charge in [0.05, 0.1) is 0 Å². The molecule has 0 aromatic heterocycles. The van der Waals surface area contributed by atoms with Crippen molar-refractivity contribution in [1.29, 1.82) is 0 Å². The van der Waals surface area contributed by atoms with E-state index in [-0.39, 0.29) is 19.1 Å². The van der Waals surface area contributed by atoms with Crippen LogP contribution in [-0.4, -0.2) is 44.6 Å². The fourth-order valence-corrected chi connectivity index (χ4v) is 3.54. The molecule has 1 rings (SSSR count). The van der Waals surface area contributed by atoms with Gasteiger partial charge in [-0.15, -0.1) is 0 Å². The number of halogens is 3. The van der Waals surface area contributed by atoms with Crippen LogP contribution in [0.25, 0.3) is 0 Å². The molecule has 9 heteroatoms. The molecule has 1 fully saturated rings. The molecule has 0 heterocycles. The van der Waals surface area contributed by atoms with Crippen LogP contribution in [0.15, 0.2) is 0 Å². The average molecular weight is 289 g/mol. The monoisotopic (exact) mass is 289 g/mol. The molecule has 0 spiro atoms. The lowest BCUT2D eigenvalue weighted by molar-refractivity contribution is -0.121. The van der Waals surface area contributed by atoms with Crippen molar-refractivity contribution in [3.63, 3.8) is 0 Å². The molecule has 5 nitrogen and oxygen atoms in total. The average Bonchev–Trinajstić information content (AvgIpc) is 2.75. The minimum absolute atomic E-state index is 0.0395. The molecule has 1 aliphatic rings. The largest absolute Gasteiger partial charge is 0.402 e. The van der Waals surface area contributed by atoms with E-state index < -0.39 is 22.9 Å². The molecule has 0 aliphatic heterocycles. The minimum atomic E-state index is -4.56. The number of hydrogen-bond acceptors (Lipinski definition) is 3. The Kier molecular flexibility index (Phi) is 5.38. The van der Waals surface area contributed by atoms with Crippen molar-refractivity contribution in [3.8, 4) is 0 Å². The van der Waals surface area contributed by atoms with Crippen molar-refractivity contribution in [1.82, 2.24) is 9.03 Å². The summed E-state index contributed by atoms with van der Waals surface area (Å²) in [4.78, 5) is 0. The molecule has 1 aliphatic carbocycles. The van der Waals surface area contributed by atoms with Crippen LogP contribution in [0.3, 0.4) is 0 Å². The van der Waals surface area contributed by atoms with Gasteiger partial charge in [0, 0.05) is 19.1 Å². The second kappa shape index (κ2) is 6.18. The molecule has 0 amide bonds. The lowest BCUT2D eigenvalue weighted by Gasteiger charge is -2.27. The van der Waals surface area contributed by atoms with E-state index in [0.717, 1.165) is 17.1 Å². The van der Waals surface area contributed by atoms with Crippen LogP contribution in [0.4, 0.5) is 13.2 Å². The molecular formula is C9H18F3N3O2S. The van der Waals surface area contributed by atoms with E-state index in [1.54, 1.807) is 4.72 Å². The van der Waals surface area contributed by atoms with Crippen LogP contribution < -0.4 is 10.5 Å². The molecule has 108 valence electrons. The van der Waals surface area contributed by atoms with Crippen molar-refractivity contribution in [2.24, 2.45) is 5.73 Å². The third-order valence-corrected chi connectivity index (χ3v) is 4.45. The van der Waals surface area contributed by atoms with Gasteiger partial charge in [0.1, 0.15) is 6.54 Å². The summed E-state index contributed by atoms with van der Waals surface area (Å²) in [5, 5.41) is 0. The predicted molar refractivity (Wildman–Crippen MR) is 61.0 cm³/mol. The number of nitrogens with two attached hydrogens (primary N) is 1. The summed E-state index contributed by atoms with van der Waals surface area (Å²) in [6, 6.07) is -0.237. The summed E-state index contributed by atoms with van der Waals surface area (Å²) in [6.07, 6.45) is -1.43. The Labute approximate surface area is 105 Å². The van der Waals surface area contributed by atoms with Gasteiger partial charge in [-0.25, -0.2) is 0 Å². The maximum atomic E-state index is 12.0. The SMILES string of the molecule is NCCN(C1CCCC1)S(=O)(=O)NCC(F)(F)F. The van der Waals surface area contributed by atoms with E-state index in [4.69, 9.17) is 5.73 Å². The number of alkyl halides is 3. The highest BCUT2D eigenvalue weighted by Crippen LogP contribution is 2.25. The topological polar surface area (TPSA) is 75.4 Å². The van der Waals surface area contributed by atoms with E-state index in [1.807, 2.05) is 0 Å². The molecule has 0 unspecified atom stereocenters. The van der Waals surface area contributed by atoms with Crippen LogP contribution >= 0.6 is 0 Å². The van der Waals surface area contributed by atoms with Crippen LogP contribution in [0.1, 0.15) is 25.7 Å².